The average Bonchev–Trinajstić information content (AvgIpc) is 2.79. The molecule has 5 heteroatoms. The number of carbonyl (C=O) groups is 1. The molecule has 2 heterocycles. The third kappa shape index (κ3) is 4.35. The number of aliphatic hydroxyl groups is 1. The Morgan fingerprint density at radius 2 is 2.26 bits per heavy atom. The van der Waals surface area contributed by atoms with Gasteiger partial charge in [0.05, 0.1) is 11.9 Å². The summed E-state index contributed by atoms with van der Waals surface area (Å²) < 4.78 is 1.99. The molecule has 106 valence electrons. The number of aromatic nitrogens is 2. The molecule has 1 fully saturated rings. The molecule has 0 saturated carbocycles. The molecule has 0 aromatic carbocycles. The molecule has 1 unspecified atom stereocenters. The van der Waals surface area contributed by atoms with Gasteiger partial charge >= 0.3 is 0 Å². The molecular weight excluding hydrogens is 242 g/mol. The Bertz CT molecular complexity index is 401. The molecule has 1 aromatic rings. The molecule has 2 rings (SSSR count). The molecule has 0 bridgehead atoms. The molecular formula is C14H23N3O2. The van der Waals surface area contributed by atoms with Crippen molar-refractivity contribution < 1.29 is 9.90 Å². The first-order valence-electron chi connectivity index (χ1n) is 7.03. The van der Waals surface area contributed by atoms with Gasteiger partial charge in [0.25, 0.3) is 0 Å². The molecule has 1 aromatic heterocycles. The van der Waals surface area contributed by atoms with Crippen LogP contribution in [0, 0.1) is 0 Å². The van der Waals surface area contributed by atoms with Crippen molar-refractivity contribution in [1.29, 1.82) is 0 Å². The fourth-order valence-corrected chi connectivity index (χ4v) is 2.50. The van der Waals surface area contributed by atoms with E-state index in [0.717, 1.165) is 32.4 Å². The van der Waals surface area contributed by atoms with Gasteiger partial charge in [-0.1, -0.05) is 0 Å². The highest BCUT2D eigenvalue weighted by Gasteiger charge is 2.26. The maximum absolute atomic E-state index is 12.1. The van der Waals surface area contributed by atoms with Crippen LogP contribution in [0.15, 0.2) is 18.7 Å². The van der Waals surface area contributed by atoms with Crippen LogP contribution in [0.1, 0.15) is 39.0 Å². The van der Waals surface area contributed by atoms with Crippen molar-refractivity contribution in [2.75, 3.05) is 13.1 Å². The van der Waals surface area contributed by atoms with Crippen LogP contribution in [-0.4, -0.2) is 44.2 Å². The lowest BCUT2D eigenvalue weighted by molar-refractivity contribution is -0.131. The Kier molecular flexibility index (Phi) is 4.58. The second kappa shape index (κ2) is 6.19. The van der Waals surface area contributed by atoms with E-state index in [2.05, 4.69) is 4.98 Å². The van der Waals surface area contributed by atoms with E-state index in [1.807, 2.05) is 22.6 Å². The van der Waals surface area contributed by atoms with E-state index < -0.39 is 5.60 Å². The Hall–Kier alpha value is -1.36. The third-order valence-electron chi connectivity index (χ3n) is 3.78. The molecule has 1 amide bonds. The highest BCUT2D eigenvalue weighted by molar-refractivity contribution is 5.76. The predicted octanol–water partition coefficient (Wildman–Crippen LogP) is 1.43. The van der Waals surface area contributed by atoms with E-state index in [0.29, 0.717) is 19.4 Å². The van der Waals surface area contributed by atoms with Crippen molar-refractivity contribution in [3.05, 3.63) is 18.7 Å². The summed E-state index contributed by atoms with van der Waals surface area (Å²) in [6, 6.07) is 0. The topological polar surface area (TPSA) is 58.4 Å². The number of aryl methyl sites for hydroxylation is 1. The van der Waals surface area contributed by atoms with Crippen molar-refractivity contribution in [3.8, 4) is 0 Å². The number of likely N-dealkylation sites (tertiary alicyclic amines) is 1. The van der Waals surface area contributed by atoms with Gasteiger partial charge in [0.1, 0.15) is 0 Å². The zero-order valence-electron chi connectivity index (χ0n) is 11.6. The summed E-state index contributed by atoms with van der Waals surface area (Å²) in [7, 11) is 0. The SMILES string of the molecule is CC1(O)CCCN(C(=O)CCCn2ccnc2)CC1. The molecule has 1 aliphatic rings. The number of hydrogen-bond acceptors (Lipinski definition) is 3. The summed E-state index contributed by atoms with van der Waals surface area (Å²) in [6.07, 6.45) is 9.19. The van der Waals surface area contributed by atoms with Crippen LogP contribution in [0.4, 0.5) is 0 Å². The van der Waals surface area contributed by atoms with Gasteiger partial charge in [0.2, 0.25) is 5.91 Å². The zero-order chi connectivity index (χ0) is 13.7. The number of amides is 1. The lowest BCUT2D eigenvalue weighted by atomic mass is 9.98. The number of nitrogens with zero attached hydrogens (tertiary/aromatic N) is 3. The molecule has 19 heavy (non-hydrogen) atoms. The monoisotopic (exact) mass is 265 g/mol. The summed E-state index contributed by atoms with van der Waals surface area (Å²) in [5.41, 5.74) is -0.605. The second-order valence-electron chi connectivity index (χ2n) is 5.64. The highest BCUT2D eigenvalue weighted by Crippen LogP contribution is 2.21. The first-order valence-corrected chi connectivity index (χ1v) is 7.03. The van der Waals surface area contributed by atoms with Gasteiger partial charge in [-0.25, -0.2) is 4.98 Å². The lowest BCUT2D eigenvalue weighted by Gasteiger charge is -2.22. The van der Waals surface area contributed by atoms with E-state index >= 15 is 0 Å². The standard InChI is InChI=1S/C14H23N3O2/c1-14(19)5-3-9-17(10-6-14)13(18)4-2-8-16-11-7-15-12-16/h7,11-12,19H,2-6,8-10H2,1H3. The maximum atomic E-state index is 12.1. The van der Waals surface area contributed by atoms with E-state index in [1.54, 1.807) is 12.5 Å². The van der Waals surface area contributed by atoms with Gasteiger partial charge in [0, 0.05) is 38.4 Å². The minimum Gasteiger partial charge on any atom is -0.390 e. The molecule has 1 N–H and O–H groups in total. The van der Waals surface area contributed by atoms with E-state index in [9.17, 15) is 9.90 Å². The molecule has 0 radical (unpaired) electrons. The largest absolute Gasteiger partial charge is 0.390 e. The van der Waals surface area contributed by atoms with Crippen LogP contribution in [0.2, 0.25) is 0 Å². The van der Waals surface area contributed by atoms with Crippen molar-refractivity contribution in [1.82, 2.24) is 14.5 Å². The van der Waals surface area contributed by atoms with Crippen LogP contribution in [0.3, 0.4) is 0 Å². The summed E-state index contributed by atoms with van der Waals surface area (Å²) in [6.45, 7) is 4.15. The van der Waals surface area contributed by atoms with Crippen LogP contribution >= 0.6 is 0 Å². The minimum absolute atomic E-state index is 0.206. The number of hydrogen-bond donors (Lipinski definition) is 1. The van der Waals surface area contributed by atoms with E-state index in [4.69, 9.17) is 0 Å². The quantitative estimate of drug-likeness (QED) is 0.896. The second-order valence-corrected chi connectivity index (χ2v) is 5.64. The normalized spacial score (nSPS) is 24.2. The Morgan fingerprint density at radius 1 is 1.42 bits per heavy atom. The molecule has 1 atom stereocenters. The Labute approximate surface area is 114 Å². The Balaban J connectivity index is 1.73. The zero-order valence-corrected chi connectivity index (χ0v) is 11.6. The van der Waals surface area contributed by atoms with Crippen LogP contribution < -0.4 is 0 Å². The lowest BCUT2D eigenvalue weighted by Crippen LogP contribution is -2.33. The highest BCUT2D eigenvalue weighted by atomic mass is 16.3. The van der Waals surface area contributed by atoms with Gasteiger partial charge < -0.3 is 14.6 Å². The van der Waals surface area contributed by atoms with Crippen molar-refractivity contribution >= 4 is 5.91 Å². The first-order chi connectivity index (χ1) is 9.07. The molecule has 1 aliphatic heterocycles. The number of rotatable bonds is 4. The third-order valence-corrected chi connectivity index (χ3v) is 3.78. The van der Waals surface area contributed by atoms with Crippen LogP contribution in [-0.2, 0) is 11.3 Å². The van der Waals surface area contributed by atoms with Crippen LogP contribution in [0.25, 0.3) is 0 Å². The molecule has 0 spiro atoms. The first kappa shape index (κ1) is 14.1. The smallest absolute Gasteiger partial charge is 0.222 e. The minimum atomic E-state index is -0.605. The van der Waals surface area contributed by atoms with E-state index in [1.165, 1.54) is 0 Å². The summed E-state index contributed by atoms with van der Waals surface area (Å²) in [5.74, 6) is 0.206. The molecule has 1 saturated heterocycles. The van der Waals surface area contributed by atoms with Gasteiger partial charge in [-0.05, 0) is 32.6 Å². The molecule has 5 nitrogen and oxygen atoms in total. The fraction of sp³-hybridized carbons (Fsp3) is 0.714. The summed E-state index contributed by atoms with van der Waals surface area (Å²) in [5, 5.41) is 10.0. The van der Waals surface area contributed by atoms with Crippen molar-refractivity contribution in [2.24, 2.45) is 0 Å². The predicted molar refractivity (Wildman–Crippen MR) is 72.5 cm³/mol. The van der Waals surface area contributed by atoms with E-state index in [-0.39, 0.29) is 5.91 Å². The van der Waals surface area contributed by atoms with Crippen molar-refractivity contribution in [2.45, 2.75) is 51.2 Å². The maximum Gasteiger partial charge on any atom is 0.222 e. The summed E-state index contributed by atoms with van der Waals surface area (Å²) >= 11 is 0. The van der Waals surface area contributed by atoms with Crippen LogP contribution in [0.5, 0.6) is 0 Å². The fourth-order valence-electron chi connectivity index (χ4n) is 2.50. The van der Waals surface area contributed by atoms with Gasteiger partial charge in [-0.15, -0.1) is 0 Å². The van der Waals surface area contributed by atoms with Gasteiger partial charge in [0.15, 0.2) is 0 Å². The van der Waals surface area contributed by atoms with Gasteiger partial charge in [-0.3, -0.25) is 4.79 Å². The van der Waals surface area contributed by atoms with Crippen molar-refractivity contribution in [3.63, 3.8) is 0 Å². The average molecular weight is 265 g/mol. The number of carbonyl (C=O) groups excluding carboxylic acids is 1. The number of imidazole rings is 1. The molecule has 0 aliphatic carbocycles. The summed E-state index contributed by atoms with van der Waals surface area (Å²) in [4.78, 5) is 18.0. The Morgan fingerprint density at radius 3 is 3.00 bits per heavy atom. The van der Waals surface area contributed by atoms with Gasteiger partial charge in [-0.2, -0.15) is 0 Å².